The van der Waals surface area contributed by atoms with E-state index in [0.29, 0.717) is 5.96 Å². The maximum absolute atomic E-state index is 8.32. The van der Waals surface area contributed by atoms with Gasteiger partial charge in [-0.25, -0.2) is 0 Å². The van der Waals surface area contributed by atoms with Crippen LogP contribution < -0.4 is 10.6 Å². The fourth-order valence-electron chi connectivity index (χ4n) is 0.644. The van der Waals surface area contributed by atoms with Gasteiger partial charge in [-0.15, -0.1) is 4.99 Å². The van der Waals surface area contributed by atoms with Crippen LogP contribution >= 0.6 is 0 Å². The van der Waals surface area contributed by atoms with Crippen molar-refractivity contribution in [1.82, 2.24) is 15.5 Å². The van der Waals surface area contributed by atoms with Crippen LogP contribution in [0.1, 0.15) is 0 Å². The molecule has 5 heteroatoms. The molecule has 0 unspecified atom stereocenters. The largest absolute Gasteiger partial charge is 0.354 e. The van der Waals surface area contributed by atoms with Crippen LogP contribution in [0, 0.1) is 11.5 Å². The van der Waals surface area contributed by atoms with Gasteiger partial charge < -0.3 is 15.5 Å². The first kappa shape index (κ1) is 10.7. The number of nitriles is 1. The number of likely N-dealkylation sites (N-methyl/N-ethyl adjacent to an activating group) is 1. The Morgan fingerprint density at radius 2 is 2.17 bits per heavy atom. The highest BCUT2D eigenvalue weighted by atomic mass is 15.3. The van der Waals surface area contributed by atoms with Gasteiger partial charge in [0.1, 0.15) is 0 Å². The van der Waals surface area contributed by atoms with E-state index in [2.05, 4.69) is 15.6 Å². The molecule has 5 nitrogen and oxygen atoms in total. The Kier molecular flexibility index (Phi) is 5.75. The van der Waals surface area contributed by atoms with Gasteiger partial charge in [-0.05, 0) is 7.05 Å². The van der Waals surface area contributed by atoms with E-state index in [1.165, 1.54) is 0 Å². The first-order chi connectivity index (χ1) is 5.72. The van der Waals surface area contributed by atoms with Crippen molar-refractivity contribution in [3.05, 3.63) is 0 Å². The standard InChI is InChI=1S/C7H15N5/c1-9-4-5-10-7(11-6-8)12(2)3/h9H,4-5H2,1-3H3,(H,10,11). The van der Waals surface area contributed by atoms with Gasteiger partial charge in [0.25, 0.3) is 0 Å². The Bertz CT molecular complexity index is 179. The first-order valence-electron chi connectivity index (χ1n) is 3.75. The average molecular weight is 169 g/mol. The van der Waals surface area contributed by atoms with E-state index in [1.807, 2.05) is 21.1 Å². The Hall–Kier alpha value is -1.28. The van der Waals surface area contributed by atoms with Crippen LogP contribution in [0.15, 0.2) is 4.99 Å². The molecular weight excluding hydrogens is 154 g/mol. The predicted octanol–water partition coefficient (Wildman–Crippen LogP) is -0.806. The van der Waals surface area contributed by atoms with Crippen LogP contribution in [-0.2, 0) is 0 Å². The maximum atomic E-state index is 8.32. The third-order valence-electron chi connectivity index (χ3n) is 1.24. The molecule has 0 aliphatic heterocycles. The van der Waals surface area contributed by atoms with E-state index in [4.69, 9.17) is 5.26 Å². The Balaban J connectivity index is 3.83. The molecule has 0 spiro atoms. The van der Waals surface area contributed by atoms with Gasteiger partial charge >= 0.3 is 0 Å². The van der Waals surface area contributed by atoms with Crippen LogP contribution in [0.4, 0.5) is 0 Å². The Morgan fingerprint density at radius 3 is 2.58 bits per heavy atom. The van der Waals surface area contributed by atoms with Gasteiger partial charge in [-0.2, -0.15) is 5.26 Å². The van der Waals surface area contributed by atoms with Crippen LogP contribution in [0.5, 0.6) is 0 Å². The number of nitrogens with one attached hydrogen (secondary N) is 2. The first-order valence-corrected chi connectivity index (χ1v) is 3.75. The normalized spacial score (nSPS) is 10.7. The monoisotopic (exact) mass is 169 g/mol. The van der Waals surface area contributed by atoms with Gasteiger partial charge in [-0.3, -0.25) is 0 Å². The molecule has 0 fully saturated rings. The second kappa shape index (κ2) is 6.43. The molecule has 2 N–H and O–H groups in total. The summed E-state index contributed by atoms with van der Waals surface area (Å²) in [6.45, 7) is 1.60. The van der Waals surface area contributed by atoms with Crippen molar-refractivity contribution < 1.29 is 0 Å². The molecule has 0 aliphatic rings. The summed E-state index contributed by atoms with van der Waals surface area (Å²) in [7, 11) is 5.55. The number of rotatable bonds is 3. The zero-order chi connectivity index (χ0) is 9.40. The molecule has 0 aromatic rings. The third kappa shape index (κ3) is 4.52. The van der Waals surface area contributed by atoms with Crippen LogP contribution in [-0.4, -0.2) is 45.1 Å². The zero-order valence-electron chi connectivity index (χ0n) is 7.76. The lowest BCUT2D eigenvalue weighted by atomic mass is 10.6. The number of hydrogen-bond acceptors (Lipinski definition) is 3. The minimum atomic E-state index is 0.591. The number of aliphatic imine (C=N–C) groups is 1. The van der Waals surface area contributed by atoms with E-state index in [1.54, 1.807) is 11.1 Å². The highest BCUT2D eigenvalue weighted by Gasteiger charge is 1.98. The van der Waals surface area contributed by atoms with Gasteiger partial charge in [-0.1, -0.05) is 0 Å². The van der Waals surface area contributed by atoms with Gasteiger partial charge in [0.2, 0.25) is 12.2 Å². The SMILES string of the molecule is CNCCN/C(=N/C#N)N(C)C. The average Bonchev–Trinajstić information content (AvgIpc) is 2.03. The molecule has 0 aromatic heterocycles. The lowest BCUT2D eigenvalue weighted by Gasteiger charge is -2.15. The summed E-state index contributed by atoms with van der Waals surface area (Å²) >= 11 is 0. The molecule has 0 aliphatic carbocycles. The highest BCUT2D eigenvalue weighted by molar-refractivity contribution is 5.80. The second-order valence-corrected chi connectivity index (χ2v) is 2.46. The lowest BCUT2D eigenvalue weighted by molar-refractivity contribution is 0.581. The maximum Gasteiger partial charge on any atom is 0.209 e. The molecule has 0 aromatic carbocycles. The molecule has 0 saturated heterocycles. The van der Waals surface area contributed by atoms with Crippen molar-refractivity contribution in [2.75, 3.05) is 34.2 Å². The van der Waals surface area contributed by atoms with Crippen LogP contribution in [0.25, 0.3) is 0 Å². The topological polar surface area (TPSA) is 63.5 Å². The van der Waals surface area contributed by atoms with Gasteiger partial charge in [0, 0.05) is 27.2 Å². The molecule has 0 bridgehead atoms. The van der Waals surface area contributed by atoms with E-state index in [9.17, 15) is 0 Å². The van der Waals surface area contributed by atoms with E-state index in [-0.39, 0.29) is 0 Å². The highest BCUT2D eigenvalue weighted by Crippen LogP contribution is 1.77. The molecule has 0 radical (unpaired) electrons. The van der Waals surface area contributed by atoms with Crippen molar-refractivity contribution in [3.8, 4) is 6.19 Å². The Labute approximate surface area is 73.1 Å². The lowest BCUT2D eigenvalue weighted by Crippen LogP contribution is -2.39. The number of nitrogens with zero attached hydrogens (tertiary/aromatic N) is 3. The van der Waals surface area contributed by atoms with E-state index >= 15 is 0 Å². The van der Waals surface area contributed by atoms with Crippen molar-refractivity contribution in [3.63, 3.8) is 0 Å². The third-order valence-corrected chi connectivity index (χ3v) is 1.24. The van der Waals surface area contributed by atoms with Crippen molar-refractivity contribution in [2.45, 2.75) is 0 Å². The van der Waals surface area contributed by atoms with Crippen LogP contribution in [0.2, 0.25) is 0 Å². The summed E-state index contributed by atoms with van der Waals surface area (Å²) in [5, 5.41) is 14.3. The molecular formula is C7H15N5. The zero-order valence-corrected chi connectivity index (χ0v) is 7.76. The summed E-state index contributed by atoms with van der Waals surface area (Å²) in [5.41, 5.74) is 0. The minimum absolute atomic E-state index is 0.591. The summed E-state index contributed by atoms with van der Waals surface area (Å²) in [5.74, 6) is 0.591. The van der Waals surface area contributed by atoms with Gasteiger partial charge in [0.15, 0.2) is 0 Å². The molecule has 68 valence electrons. The number of hydrogen-bond donors (Lipinski definition) is 2. The molecule has 0 atom stereocenters. The molecule has 0 amide bonds. The second-order valence-electron chi connectivity index (χ2n) is 2.46. The minimum Gasteiger partial charge on any atom is -0.354 e. The molecule has 0 rings (SSSR count). The summed E-state index contributed by atoms with van der Waals surface area (Å²) in [6.07, 6.45) is 1.74. The van der Waals surface area contributed by atoms with Gasteiger partial charge in [0.05, 0.1) is 0 Å². The fraction of sp³-hybridized carbons (Fsp3) is 0.714. The fourth-order valence-corrected chi connectivity index (χ4v) is 0.644. The van der Waals surface area contributed by atoms with E-state index in [0.717, 1.165) is 13.1 Å². The van der Waals surface area contributed by atoms with Crippen molar-refractivity contribution >= 4 is 5.96 Å². The van der Waals surface area contributed by atoms with Crippen molar-refractivity contribution in [1.29, 1.82) is 5.26 Å². The van der Waals surface area contributed by atoms with Crippen LogP contribution in [0.3, 0.4) is 0 Å². The summed E-state index contributed by atoms with van der Waals surface area (Å²) in [6, 6.07) is 0. The molecule has 12 heavy (non-hydrogen) atoms. The Morgan fingerprint density at radius 1 is 1.50 bits per heavy atom. The molecule has 0 heterocycles. The molecule has 0 saturated carbocycles. The van der Waals surface area contributed by atoms with Crippen molar-refractivity contribution in [2.24, 2.45) is 4.99 Å². The van der Waals surface area contributed by atoms with E-state index < -0.39 is 0 Å². The summed E-state index contributed by atoms with van der Waals surface area (Å²) < 4.78 is 0. The predicted molar refractivity (Wildman–Crippen MR) is 48.7 cm³/mol. The smallest absolute Gasteiger partial charge is 0.209 e. The number of guanidine groups is 1. The summed E-state index contributed by atoms with van der Waals surface area (Å²) in [4.78, 5) is 5.37. The quantitative estimate of drug-likeness (QED) is 0.251.